The Morgan fingerprint density at radius 2 is 2.14 bits per heavy atom. The molecule has 1 aromatic heterocycles. The molecular formula is C17H24N2O2. The summed E-state index contributed by atoms with van der Waals surface area (Å²) in [5.74, 6) is 0.521. The van der Waals surface area contributed by atoms with E-state index in [1.165, 1.54) is 5.56 Å². The van der Waals surface area contributed by atoms with Gasteiger partial charge in [0.15, 0.2) is 0 Å². The molecule has 0 bridgehead atoms. The Kier molecular flexibility index (Phi) is 5.39. The van der Waals surface area contributed by atoms with E-state index in [9.17, 15) is 4.79 Å². The molecule has 0 saturated heterocycles. The second-order valence-electron chi connectivity index (χ2n) is 5.62. The SMILES string of the molecule is CCCCC(=O)Oc1cccc2[nH]cc(CCN(C)C)c12. The van der Waals surface area contributed by atoms with Crippen molar-refractivity contribution >= 4 is 16.9 Å². The smallest absolute Gasteiger partial charge is 0.311 e. The second-order valence-corrected chi connectivity index (χ2v) is 5.62. The van der Waals surface area contributed by atoms with Gasteiger partial charge in [0.05, 0.1) is 0 Å². The fourth-order valence-corrected chi connectivity index (χ4v) is 2.34. The predicted octanol–water partition coefficient (Wildman–Crippen LogP) is 3.37. The number of aromatic amines is 1. The lowest BCUT2D eigenvalue weighted by molar-refractivity contribution is -0.134. The average molecular weight is 288 g/mol. The first kappa shape index (κ1) is 15.6. The lowest BCUT2D eigenvalue weighted by Crippen LogP contribution is -2.15. The third-order valence-electron chi connectivity index (χ3n) is 3.54. The Balaban J connectivity index is 2.22. The molecule has 1 aromatic carbocycles. The van der Waals surface area contributed by atoms with Crippen LogP contribution in [0.2, 0.25) is 0 Å². The Bertz CT molecular complexity index is 602. The van der Waals surface area contributed by atoms with Gasteiger partial charge in [0.2, 0.25) is 0 Å². The maximum Gasteiger partial charge on any atom is 0.311 e. The number of fused-ring (bicyclic) bond motifs is 1. The molecule has 1 heterocycles. The van der Waals surface area contributed by atoms with Gasteiger partial charge in [-0.1, -0.05) is 19.4 Å². The number of likely N-dealkylation sites (N-methyl/N-ethyl adjacent to an activating group) is 1. The Morgan fingerprint density at radius 1 is 1.33 bits per heavy atom. The summed E-state index contributed by atoms with van der Waals surface area (Å²) < 4.78 is 5.56. The van der Waals surface area contributed by atoms with E-state index in [1.807, 2.05) is 24.4 Å². The molecule has 0 aliphatic heterocycles. The van der Waals surface area contributed by atoms with Crippen molar-refractivity contribution in [3.63, 3.8) is 0 Å². The summed E-state index contributed by atoms with van der Waals surface area (Å²) in [5.41, 5.74) is 2.21. The number of esters is 1. The van der Waals surface area contributed by atoms with E-state index in [2.05, 4.69) is 30.9 Å². The molecule has 2 rings (SSSR count). The van der Waals surface area contributed by atoms with Gasteiger partial charge in [0, 0.05) is 30.1 Å². The fraction of sp³-hybridized carbons (Fsp3) is 0.471. The highest BCUT2D eigenvalue weighted by Gasteiger charge is 2.12. The van der Waals surface area contributed by atoms with Gasteiger partial charge < -0.3 is 14.6 Å². The first-order valence-electron chi connectivity index (χ1n) is 7.56. The van der Waals surface area contributed by atoms with Crippen LogP contribution in [0.4, 0.5) is 0 Å². The summed E-state index contributed by atoms with van der Waals surface area (Å²) in [7, 11) is 4.11. The predicted molar refractivity (Wildman–Crippen MR) is 85.7 cm³/mol. The standard InChI is InChI=1S/C17H24N2O2/c1-4-5-9-16(20)21-15-8-6-7-14-17(15)13(12-18-14)10-11-19(2)3/h6-8,12,18H,4-5,9-11H2,1-3H3. The van der Waals surface area contributed by atoms with Crippen molar-refractivity contribution in [3.05, 3.63) is 30.0 Å². The second kappa shape index (κ2) is 7.27. The van der Waals surface area contributed by atoms with Crippen LogP contribution < -0.4 is 4.74 Å². The lowest BCUT2D eigenvalue weighted by Gasteiger charge is -2.10. The van der Waals surface area contributed by atoms with Gasteiger partial charge in [0.25, 0.3) is 0 Å². The number of H-pyrrole nitrogens is 1. The molecule has 4 nitrogen and oxygen atoms in total. The first-order chi connectivity index (χ1) is 10.1. The molecule has 21 heavy (non-hydrogen) atoms. The number of hydrogen-bond acceptors (Lipinski definition) is 3. The van der Waals surface area contributed by atoms with Crippen molar-refractivity contribution in [1.29, 1.82) is 0 Å². The van der Waals surface area contributed by atoms with E-state index in [-0.39, 0.29) is 5.97 Å². The monoisotopic (exact) mass is 288 g/mol. The molecule has 0 aliphatic rings. The van der Waals surface area contributed by atoms with Crippen molar-refractivity contribution in [1.82, 2.24) is 9.88 Å². The summed E-state index contributed by atoms with van der Waals surface area (Å²) in [6, 6.07) is 5.80. The van der Waals surface area contributed by atoms with E-state index in [0.29, 0.717) is 12.2 Å². The molecule has 0 radical (unpaired) electrons. The molecule has 0 unspecified atom stereocenters. The van der Waals surface area contributed by atoms with Crippen molar-refractivity contribution in [2.75, 3.05) is 20.6 Å². The van der Waals surface area contributed by atoms with E-state index in [4.69, 9.17) is 4.74 Å². The molecular weight excluding hydrogens is 264 g/mol. The van der Waals surface area contributed by atoms with Crippen LogP contribution in [0.3, 0.4) is 0 Å². The maximum atomic E-state index is 11.9. The molecule has 114 valence electrons. The molecule has 4 heteroatoms. The van der Waals surface area contributed by atoms with Crippen LogP contribution >= 0.6 is 0 Å². The topological polar surface area (TPSA) is 45.3 Å². The number of ether oxygens (including phenoxy) is 1. The van der Waals surface area contributed by atoms with E-state index < -0.39 is 0 Å². The minimum absolute atomic E-state index is 0.149. The van der Waals surface area contributed by atoms with Crippen molar-refractivity contribution in [2.24, 2.45) is 0 Å². The van der Waals surface area contributed by atoms with E-state index >= 15 is 0 Å². The molecule has 0 saturated carbocycles. The average Bonchev–Trinajstić information content (AvgIpc) is 2.87. The van der Waals surface area contributed by atoms with Crippen LogP contribution in [0.1, 0.15) is 31.7 Å². The maximum absolute atomic E-state index is 11.9. The molecule has 1 N–H and O–H groups in total. The van der Waals surface area contributed by atoms with Gasteiger partial charge in [-0.25, -0.2) is 0 Å². The largest absolute Gasteiger partial charge is 0.426 e. The molecule has 2 aromatic rings. The molecule has 0 atom stereocenters. The normalized spacial score (nSPS) is 11.2. The van der Waals surface area contributed by atoms with E-state index in [0.717, 1.165) is 36.7 Å². The molecule has 0 amide bonds. The summed E-state index contributed by atoms with van der Waals surface area (Å²) in [6.45, 7) is 3.03. The first-order valence-corrected chi connectivity index (χ1v) is 7.56. The third kappa shape index (κ3) is 4.08. The van der Waals surface area contributed by atoms with Gasteiger partial charge in [-0.15, -0.1) is 0 Å². The summed E-state index contributed by atoms with van der Waals surface area (Å²) >= 11 is 0. The highest BCUT2D eigenvalue weighted by Crippen LogP contribution is 2.29. The number of hydrogen-bond donors (Lipinski definition) is 1. The minimum atomic E-state index is -0.149. The van der Waals surface area contributed by atoms with Crippen LogP contribution in [0, 0.1) is 0 Å². The summed E-state index contributed by atoms with van der Waals surface area (Å²) in [4.78, 5) is 17.3. The Labute approximate surface area is 126 Å². The van der Waals surface area contributed by atoms with Crippen LogP contribution in [0.15, 0.2) is 24.4 Å². The molecule has 0 spiro atoms. The van der Waals surface area contributed by atoms with Crippen molar-refractivity contribution in [2.45, 2.75) is 32.6 Å². The zero-order valence-electron chi connectivity index (χ0n) is 13.1. The highest BCUT2D eigenvalue weighted by molar-refractivity contribution is 5.91. The highest BCUT2D eigenvalue weighted by atomic mass is 16.5. The summed E-state index contributed by atoms with van der Waals surface area (Å²) in [5, 5.41) is 1.03. The van der Waals surface area contributed by atoms with Gasteiger partial charge in [-0.3, -0.25) is 4.79 Å². The lowest BCUT2D eigenvalue weighted by atomic mass is 10.1. The zero-order valence-corrected chi connectivity index (χ0v) is 13.1. The summed E-state index contributed by atoms with van der Waals surface area (Å²) in [6.07, 6.45) is 5.28. The van der Waals surface area contributed by atoms with Gasteiger partial charge >= 0.3 is 5.97 Å². The number of unbranched alkanes of at least 4 members (excludes halogenated alkanes) is 1. The number of rotatable bonds is 7. The van der Waals surface area contributed by atoms with Crippen molar-refractivity contribution < 1.29 is 9.53 Å². The van der Waals surface area contributed by atoms with Crippen LogP contribution in [-0.2, 0) is 11.2 Å². The van der Waals surface area contributed by atoms with Gasteiger partial charge in [0.1, 0.15) is 5.75 Å². The third-order valence-corrected chi connectivity index (χ3v) is 3.54. The quantitative estimate of drug-likeness (QED) is 0.627. The van der Waals surface area contributed by atoms with Crippen LogP contribution in [0.5, 0.6) is 5.75 Å². The molecule has 0 fully saturated rings. The zero-order chi connectivity index (χ0) is 15.2. The number of nitrogens with one attached hydrogen (secondary N) is 1. The number of carbonyl (C=O) groups is 1. The van der Waals surface area contributed by atoms with Crippen LogP contribution in [-0.4, -0.2) is 36.5 Å². The Hall–Kier alpha value is -1.81. The molecule has 0 aliphatic carbocycles. The Morgan fingerprint density at radius 3 is 2.86 bits per heavy atom. The fourth-order valence-electron chi connectivity index (χ4n) is 2.34. The van der Waals surface area contributed by atoms with Crippen molar-refractivity contribution in [3.8, 4) is 5.75 Å². The van der Waals surface area contributed by atoms with Gasteiger partial charge in [-0.2, -0.15) is 0 Å². The number of aromatic nitrogens is 1. The van der Waals surface area contributed by atoms with Crippen LogP contribution in [0.25, 0.3) is 10.9 Å². The van der Waals surface area contributed by atoms with E-state index in [1.54, 1.807) is 0 Å². The number of benzene rings is 1. The minimum Gasteiger partial charge on any atom is -0.426 e. The number of carbonyl (C=O) groups excluding carboxylic acids is 1. The van der Waals surface area contributed by atoms with Gasteiger partial charge in [-0.05, 0) is 44.6 Å². The number of nitrogens with zero attached hydrogens (tertiary/aromatic N) is 1.